The molecule has 0 bridgehead atoms. The molecule has 0 spiro atoms. The summed E-state index contributed by atoms with van der Waals surface area (Å²) < 4.78 is 0. The number of nitrogens with one attached hydrogen (secondary N) is 1. The van der Waals surface area contributed by atoms with Gasteiger partial charge in [0.1, 0.15) is 6.04 Å². The van der Waals surface area contributed by atoms with Gasteiger partial charge < -0.3 is 15.3 Å². The van der Waals surface area contributed by atoms with E-state index in [1.807, 2.05) is 0 Å². The van der Waals surface area contributed by atoms with E-state index in [1.165, 1.54) is 4.90 Å². The molecule has 0 radical (unpaired) electrons. The van der Waals surface area contributed by atoms with Crippen LogP contribution in [0.1, 0.15) is 6.92 Å². The standard InChI is InChI=1S/C9H16N2O4S/c1-6(9(15)11(2)3)10-7(12)4-16-5-8(13)14/h6H,4-5H2,1-3H3,(H,10,12)(H,13,14). The number of nitrogens with zero attached hydrogens (tertiary/aromatic N) is 1. The maximum absolute atomic E-state index is 11.4. The van der Waals surface area contributed by atoms with Crippen molar-refractivity contribution >= 4 is 29.5 Å². The summed E-state index contributed by atoms with van der Waals surface area (Å²) in [6.45, 7) is 1.59. The molecular weight excluding hydrogens is 232 g/mol. The van der Waals surface area contributed by atoms with Crippen LogP contribution in [0.25, 0.3) is 0 Å². The van der Waals surface area contributed by atoms with E-state index in [0.29, 0.717) is 0 Å². The first-order chi connectivity index (χ1) is 7.34. The molecular formula is C9H16N2O4S. The Morgan fingerprint density at radius 1 is 1.31 bits per heavy atom. The van der Waals surface area contributed by atoms with Gasteiger partial charge in [-0.25, -0.2) is 0 Å². The summed E-state index contributed by atoms with van der Waals surface area (Å²) in [5, 5.41) is 10.8. The van der Waals surface area contributed by atoms with Crippen molar-refractivity contribution in [2.45, 2.75) is 13.0 Å². The van der Waals surface area contributed by atoms with Crippen molar-refractivity contribution in [1.82, 2.24) is 10.2 Å². The first-order valence-corrected chi connectivity index (χ1v) is 5.80. The van der Waals surface area contributed by atoms with Crippen LogP contribution in [-0.4, -0.2) is 59.4 Å². The molecule has 92 valence electrons. The third-order valence-corrected chi connectivity index (χ3v) is 2.56. The SMILES string of the molecule is CC(NC(=O)CSCC(=O)O)C(=O)N(C)C. The van der Waals surface area contributed by atoms with E-state index in [-0.39, 0.29) is 23.3 Å². The van der Waals surface area contributed by atoms with Crippen molar-refractivity contribution in [3.05, 3.63) is 0 Å². The van der Waals surface area contributed by atoms with Crippen molar-refractivity contribution in [1.29, 1.82) is 0 Å². The molecule has 2 amide bonds. The number of carbonyl (C=O) groups is 3. The summed E-state index contributed by atoms with van der Waals surface area (Å²) in [4.78, 5) is 34.2. The number of likely N-dealkylation sites (N-methyl/N-ethyl adjacent to an activating group) is 1. The van der Waals surface area contributed by atoms with Gasteiger partial charge in [-0.05, 0) is 6.92 Å². The van der Waals surface area contributed by atoms with Crippen molar-refractivity contribution < 1.29 is 19.5 Å². The highest BCUT2D eigenvalue weighted by Gasteiger charge is 2.16. The molecule has 0 aliphatic carbocycles. The third kappa shape index (κ3) is 6.28. The highest BCUT2D eigenvalue weighted by Crippen LogP contribution is 1.99. The number of carboxylic acid groups (broad SMARTS) is 1. The number of amides is 2. The molecule has 2 N–H and O–H groups in total. The van der Waals surface area contributed by atoms with E-state index in [0.717, 1.165) is 11.8 Å². The molecule has 1 unspecified atom stereocenters. The van der Waals surface area contributed by atoms with Crippen LogP contribution in [0.4, 0.5) is 0 Å². The lowest BCUT2D eigenvalue weighted by Crippen LogP contribution is -2.44. The second-order valence-corrected chi connectivity index (χ2v) is 4.39. The second-order valence-electron chi connectivity index (χ2n) is 3.41. The van der Waals surface area contributed by atoms with Crippen molar-refractivity contribution in [3.8, 4) is 0 Å². The topological polar surface area (TPSA) is 86.7 Å². The van der Waals surface area contributed by atoms with Crippen LogP contribution in [0.2, 0.25) is 0 Å². The number of hydrogen-bond acceptors (Lipinski definition) is 4. The minimum absolute atomic E-state index is 0.0390. The van der Waals surface area contributed by atoms with Crippen LogP contribution in [-0.2, 0) is 14.4 Å². The normalized spacial score (nSPS) is 11.7. The fourth-order valence-electron chi connectivity index (χ4n) is 0.963. The lowest BCUT2D eigenvalue weighted by Gasteiger charge is -2.17. The zero-order chi connectivity index (χ0) is 12.7. The number of hydrogen-bond donors (Lipinski definition) is 2. The number of rotatable bonds is 6. The molecule has 0 saturated carbocycles. The van der Waals surface area contributed by atoms with Gasteiger partial charge in [0.2, 0.25) is 11.8 Å². The Morgan fingerprint density at radius 3 is 2.31 bits per heavy atom. The molecule has 0 aliphatic heterocycles. The molecule has 0 saturated heterocycles. The Bertz CT molecular complexity index is 281. The van der Waals surface area contributed by atoms with Gasteiger partial charge in [-0.15, -0.1) is 11.8 Å². The van der Waals surface area contributed by atoms with Gasteiger partial charge in [0.25, 0.3) is 0 Å². The molecule has 16 heavy (non-hydrogen) atoms. The van der Waals surface area contributed by atoms with Gasteiger partial charge >= 0.3 is 5.97 Å². The number of aliphatic carboxylic acids is 1. The van der Waals surface area contributed by atoms with Crippen molar-refractivity contribution in [2.24, 2.45) is 0 Å². The maximum atomic E-state index is 11.4. The summed E-state index contributed by atoms with van der Waals surface area (Å²) in [5.74, 6) is -1.58. The predicted octanol–water partition coefficient (Wildman–Crippen LogP) is -0.603. The van der Waals surface area contributed by atoms with Crippen LogP contribution >= 0.6 is 11.8 Å². The van der Waals surface area contributed by atoms with E-state index >= 15 is 0 Å². The van der Waals surface area contributed by atoms with Crippen LogP contribution in [0, 0.1) is 0 Å². The Labute approximate surface area is 98.4 Å². The van der Waals surface area contributed by atoms with Crippen LogP contribution in [0.3, 0.4) is 0 Å². The third-order valence-electron chi connectivity index (χ3n) is 1.65. The minimum Gasteiger partial charge on any atom is -0.481 e. The molecule has 0 aliphatic rings. The summed E-state index contributed by atoms with van der Waals surface area (Å²) in [7, 11) is 3.20. The lowest BCUT2D eigenvalue weighted by molar-refractivity contribution is -0.134. The molecule has 7 heteroatoms. The molecule has 0 fully saturated rings. The van der Waals surface area contributed by atoms with E-state index in [4.69, 9.17) is 5.11 Å². The van der Waals surface area contributed by atoms with Gasteiger partial charge in [0, 0.05) is 14.1 Å². The van der Waals surface area contributed by atoms with Gasteiger partial charge in [0.15, 0.2) is 0 Å². The fraction of sp³-hybridized carbons (Fsp3) is 0.667. The highest BCUT2D eigenvalue weighted by atomic mass is 32.2. The monoisotopic (exact) mass is 248 g/mol. The predicted molar refractivity (Wildman–Crippen MR) is 61.3 cm³/mol. The molecule has 0 aromatic carbocycles. The number of thioether (sulfide) groups is 1. The van der Waals surface area contributed by atoms with E-state index < -0.39 is 12.0 Å². The average Bonchev–Trinajstić information content (AvgIpc) is 2.15. The minimum atomic E-state index is -0.963. The largest absolute Gasteiger partial charge is 0.481 e. The first-order valence-electron chi connectivity index (χ1n) is 4.64. The molecule has 0 heterocycles. The summed E-state index contributed by atoms with van der Waals surface area (Å²) >= 11 is 0.995. The smallest absolute Gasteiger partial charge is 0.313 e. The molecule has 6 nitrogen and oxygen atoms in total. The van der Waals surface area contributed by atoms with Gasteiger partial charge in [-0.3, -0.25) is 14.4 Å². The average molecular weight is 248 g/mol. The first kappa shape index (κ1) is 14.8. The maximum Gasteiger partial charge on any atom is 0.313 e. The van der Waals surface area contributed by atoms with Gasteiger partial charge in [-0.2, -0.15) is 0 Å². The number of carbonyl (C=O) groups excluding carboxylic acids is 2. The van der Waals surface area contributed by atoms with E-state index in [2.05, 4.69) is 5.32 Å². The Morgan fingerprint density at radius 2 is 1.88 bits per heavy atom. The quantitative estimate of drug-likeness (QED) is 0.655. The summed E-state index contributed by atoms with van der Waals surface area (Å²) in [6, 6.07) is -0.590. The van der Waals surface area contributed by atoms with Crippen LogP contribution in [0.5, 0.6) is 0 Å². The van der Waals surface area contributed by atoms with E-state index in [1.54, 1.807) is 21.0 Å². The Kier molecular flexibility index (Phi) is 6.55. The second kappa shape index (κ2) is 7.10. The molecule has 0 rings (SSSR count). The molecule has 0 aromatic rings. The zero-order valence-corrected chi connectivity index (χ0v) is 10.3. The van der Waals surface area contributed by atoms with Crippen LogP contribution < -0.4 is 5.32 Å². The summed E-state index contributed by atoms with van der Waals surface area (Å²) in [5.41, 5.74) is 0. The summed E-state index contributed by atoms with van der Waals surface area (Å²) in [6.07, 6.45) is 0. The lowest BCUT2D eigenvalue weighted by atomic mass is 10.3. The molecule has 1 atom stereocenters. The van der Waals surface area contributed by atoms with Crippen LogP contribution in [0.15, 0.2) is 0 Å². The Balaban J connectivity index is 3.87. The Hall–Kier alpha value is -1.24. The molecule has 0 aromatic heterocycles. The van der Waals surface area contributed by atoms with Gasteiger partial charge in [-0.1, -0.05) is 0 Å². The van der Waals surface area contributed by atoms with E-state index in [9.17, 15) is 14.4 Å². The van der Waals surface area contributed by atoms with Gasteiger partial charge in [0.05, 0.1) is 11.5 Å². The number of carboxylic acids is 1. The highest BCUT2D eigenvalue weighted by molar-refractivity contribution is 8.00. The zero-order valence-electron chi connectivity index (χ0n) is 9.52. The van der Waals surface area contributed by atoms with Crippen molar-refractivity contribution in [2.75, 3.05) is 25.6 Å². The van der Waals surface area contributed by atoms with Crippen molar-refractivity contribution in [3.63, 3.8) is 0 Å². The fourth-order valence-corrected chi connectivity index (χ4v) is 1.51.